The molecule has 4 aromatic rings. The van der Waals surface area contributed by atoms with Crippen molar-refractivity contribution in [3.63, 3.8) is 0 Å². The minimum atomic E-state index is -3.52. The summed E-state index contributed by atoms with van der Waals surface area (Å²) in [6.45, 7) is 3.25. The van der Waals surface area contributed by atoms with Crippen molar-refractivity contribution in [1.82, 2.24) is 8.87 Å². The van der Waals surface area contributed by atoms with Crippen LogP contribution in [-0.4, -0.2) is 30.4 Å². The number of nitrogens with zero attached hydrogens (tertiary/aromatic N) is 3. The van der Waals surface area contributed by atoms with Gasteiger partial charge >= 0.3 is 0 Å². The van der Waals surface area contributed by atoms with Crippen LogP contribution in [0.2, 0.25) is 0 Å². The maximum absolute atomic E-state index is 13.6. The van der Waals surface area contributed by atoms with Crippen molar-refractivity contribution in [3.8, 4) is 11.3 Å². The summed E-state index contributed by atoms with van der Waals surface area (Å²) in [4.78, 5) is 6.42. The molecule has 0 bridgehead atoms. The van der Waals surface area contributed by atoms with Gasteiger partial charge in [-0.3, -0.25) is 0 Å². The summed E-state index contributed by atoms with van der Waals surface area (Å²) in [6.07, 6.45) is 8.87. The molecule has 0 unspecified atom stereocenters. The molecule has 0 N–H and O–H groups in total. The molecule has 0 spiro atoms. The number of thiazole rings is 1. The minimum Gasteiger partial charge on any atom is -0.313 e. The van der Waals surface area contributed by atoms with Crippen molar-refractivity contribution in [2.24, 2.45) is 10.9 Å². The standard InChI is InChI=1S/C34H39N3O2S2/c1-26-12-16-30(17-13-26)35-34-37(31-10-6-3-7-11-31)33(25-40-34)29-14-18-32(19-15-29)41(38,39)36-22-20-28(21-23-36)24-27-8-4-2-5-9-27/h2,4-5,8-9,12-19,25,28,31H,3,6-7,10-11,20-24H2,1H3. The van der Waals surface area contributed by atoms with Crippen molar-refractivity contribution in [2.45, 2.75) is 69.2 Å². The third kappa shape index (κ3) is 6.42. The topological polar surface area (TPSA) is 54.7 Å². The number of sulfonamides is 1. The third-order valence-electron chi connectivity index (χ3n) is 8.67. The van der Waals surface area contributed by atoms with E-state index in [0.717, 1.165) is 53.9 Å². The Morgan fingerprint density at radius 1 is 0.829 bits per heavy atom. The van der Waals surface area contributed by atoms with Gasteiger partial charge in [0.05, 0.1) is 16.3 Å². The number of rotatable bonds is 7. The van der Waals surface area contributed by atoms with E-state index in [2.05, 4.69) is 65.4 Å². The Balaban J connectivity index is 1.22. The zero-order chi connectivity index (χ0) is 28.2. The minimum absolute atomic E-state index is 0.381. The fourth-order valence-corrected chi connectivity index (χ4v) is 8.74. The molecule has 0 amide bonds. The predicted octanol–water partition coefficient (Wildman–Crippen LogP) is 7.91. The Labute approximate surface area is 248 Å². The van der Waals surface area contributed by atoms with Gasteiger partial charge in [-0.1, -0.05) is 79.4 Å². The zero-order valence-electron chi connectivity index (χ0n) is 23.8. The molecule has 1 saturated heterocycles. The van der Waals surface area contributed by atoms with Crippen LogP contribution >= 0.6 is 11.3 Å². The first-order chi connectivity index (χ1) is 20.0. The van der Waals surface area contributed by atoms with Gasteiger partial charge < -0.3 is 4.57 Å². The smallest absolute Gasteiger partial charge is 0.243 e. The van der Waals surface area contributed by atoms with Crippen LogP contribution in [0.1, 0.15) is 62.1 Å². The second-order valence-electron chi connectivity index (χ2n) is 11.6. The highest BCUT2D eigenvalue weighted by atomic mass is 32.2. The van der Waals surface area contributed by atoms with Crippen LogP contribution in [0.5, 0.6) is 0 Å². The Morgan fingerprint density at radius 2 is 1.51 bits per heavy atom. The van der Waals surface area contributed by atoms with E-state index in [1.165, 1.54) is 30.4 Å². The van der Waals surface area contributed by atoms with Crippen molar-refractivity contribution < 1.29 is 8.42 Å². The van der Waals surface area contributed by atoms with E-state index in [4.69, 9.17) is 4.99 Å². The third-order valence-corrected chi connectivity index (χ3v) is 11.4. The van der Waals surface area contributed by atoms with E-state index >= 15 is 0 Å². The lowest BCUT2D eigenvalue weighted by Crippen LogP contribution is -2.38. The average molecular weight is 586 g/mol. The van der Waals surface area contributed by atoms with Gasteiger partial charge in [-0.15, -0.1) is 11.3 Å². The first-order valence-electron chi connectivity index (χ1n) is 14.9. The molecule has 1 aliphatic carbocycles. The van der Waals surface area contributed by atoms with Crippen molar-refractivity contribution in [2.75, 3.05) is 13.1 Å². The molecule has 0 radical (unpaired) electrons. The Bertz CT molecular complexity index is 1610. The molecule has 2 aliphatic rings. The molecule has 2 heterocycles. The summed E-state index contributed by atoms with van der Waals surface area (Å²) in [5.74, 6) is 0.527. The van der Waals surface area contributed by atoms with Gasteiger partial charge in [-0.2, -0.15) is 4.31 Å². The maximum atomic E-state index is 13.6. The van der Waals surface area contributed by atoms with Gasteiger partial charge in [-0.25, -0.2) is 13.4 Å². The summed E-state index contributed by atoms with van der Waals surface area (Å²) in [5, 5.41) is 2.18. The van der Waals surface area contributed by atoms with Crippen LogP contribution in [0.15, 0.2) is 94.1 Å². The number of hydrogen-bond donors (Lipinski definition) is 0. The number of aromatic nitrogens is 1. The van der Waals surface area contributed by atoms with Crippen LogP contribution < -0.4 is 4.80 Å². The fourth-order valence-electron chi connectivity index (χ4n) is 6.28. The first kappa shape index (κ1) is 28.1. The van der Waals surface area contributed by atoms with E-state index in [9.17, 15) is 8.42 Å². The molecule has 1 saturated carbocycles. The highest BCUT2D eigenvalue weighted by Gasteiger charge is 2.29. The van der Waals surface area contributed by atoms with E-state index in [1.54, 1.807) is 27.8 Å². The number of piperidine rings is 1. The molecule has 6 rings (SSSR count). The Hall–Kier alpha value is -3.00. The largest absolute Gasteiger partial charge is 0.313 e. The Kier molecular flexibility index (Phi) is 8.56. The van der Waals surface area contributed by atoms with Gasteiger partial charge in [0.1, 0.15) is 0 Å². The number of hydrogen-bond acceptors (Lipinski definition) is 4. The molecular formula is C34H39N3O2S2. The summed E-state index contributed by atoms with van der Waals surface area (Å²) in [7, 11) is -3.52. The molecule has 214 valence electrons. The van der Waals surface area contributed by atoms with Gasteiger partial charge in [0, 0.05) is 24.5 Å². The predicted molar refractivity (Wildman–Crippen MR) is 168 cm³/mol. The SMILES string of the molecule is Cc1ccc(N=c2scc(-c3ccc(S(=O)(=O)N4CCC(Cc5ccccc5)CC4)cc3)n2C2CCCCC2)cc1. The van der Waals surface area contributed by atoms with Gasteiger partial charge in [0.2, 0.25) is 10.0 Å². The average Bonchev–Trinajstić information content (AvgIpc) is 3.43. The van der Waals surface area contributed by atoms with E-state index in [0.29, 0.717) is 29.9 Å². The quantitative estimate of drug-likeness (QED) is 0.221. The van der Waals surface area contributed by atoms with Crippen LogP contribution in [0.25, 0.3) is 11.3 Å². The van der Waals surface area contributed by atoms with Crippen molar-refractivity contribution in [3.05, 3.63) is 100 Å². The summed E-state index contributed by atoms with van der Waals surface area (Å²) >= 11 is 1.67. The zero-order valence-corrected chi connectivity index (χ0v) is 25.4. The molecule has 0 atom stereocenters. The molecular weight excluding hydrogens is 547 g/mol. The summed E-state index contributed by atoms with van der Waals surface area (Å²) < 4.78 is 31.2. The summed E-state index contributed by atoms with van der Waals surface area (Å²) in [6, 6.07) is 26.8. The molecule has 7 heteroatoms. The van der Waals surface area contributed by atoms with E-state index in [1.807, 2.05) is 18.2 Å². The Morgan fingerprint density at radius 3 is 2.20 bits per heavy atom. The molecule has 1 aliphatic heterocycles. The molecule has 1 aromatic heterocycles. The highest BCUT2D eigenvalue weighted by molar-refractivity contribution is 7.89. The first-order valence-corrected chi connectivity index (χ1v) is 17.3. The van der Waals surface area contributed by atoms with Crippen LogP contribution in [-0.2, 0) is 16.4 Å². The van der Waals surface area contributed by atoms with Crippen LogP contribution in [0, 0.1) is 12.8 Å². The summed E-state index contributed by atoms with van der Waals surface area (Å²) in [5.41, 5.74) is 5.68. The van der Waals surface area contributed by atoms with Gasteiger partial charge in [-0.05, 0) is 80.3 Å². The second-order valence-corrected chi connectivity index (χ2v) is 14.3. The molecule has 3 aromatic carbocycles. The monoisotopic (exact) mass is 585 g/mol. The second kappa shape index (κ2) is 12.5. The maximum Gasteiger partial charge on any atom is 0.243 e. The lowest BCUT2D eigenvalue weighted by molar-refractivity contribution is 0.273. The van der Waals surface area contributed by atoms with Gasteiger partial charge in [0.15, 0.2) is 4.80 Å². The van der Waals surface area contributed by atoms with E-state index in [-0.39, 0.29) is 0 Å². The number of benzene rings is 3. The van der Waals surface area contributed by atoms with Crippen molar-refractivity contribution >= 4 is 27.0 Å². The normalized spacial score (nSPS) is 18.1. The lowest BCUT2D eigenvalue weighted by atomic mass is 9.91. The highest BCUT2D eigenvalue weighted by Crippen LogP contribution is 2.33. The van der Waals surface area contributed by atoms with Crippen molar-refractivity contribution in [1.29, 1.82) is 0 Å². The lowest BCUT2D eigenvalue weighted by Gasteiger charge is -2.31. The molecule has 5 nitrogen and oxygen atoms in total. The van der Waals surface area contributed by atoms with E-state index < -0.39 is 10.0 Å². The molecule has 41 heavy (non-hydrogen) atoms. The van der Waals surface area contributed by atoms with Crippen LogP contribution in [0.3, 0.4) is 0 Å². The molecule has 2 fully saturated rings. The van der Waals surface area contributed by atoms with Crippen LogP contribution in [0.4, 0.5) is 5.69 Å². The van der Waals surface area contributed by atoms with Gasteiger partial charge in [0.25, 0.3) is 0 Å². The number of aryl methyl sites for hydroxylation is 1. The fraction of sp³-hybridized carbons (Fsp3) is 0.382.